The zero-order chi connectivity index (χ0) is 21.3. The van der Waals surface area contributed by atoms with Crippen molar-refractivity contribution in [1.82, 2.24) is 9.55 Å². The molecule has 1 aliphatic rings. The molecule has 0 bridgehead atoms. The molecule has 1 aromatic carbocycles. The first-order valence-corrected chi connectivity index (χ1v) is 10.3. The van der Waals surface area contributed by atoms with Crippen LogP contribution in [0.4, 0.5) is 0 Å². The van der Waals surface area contributed by atoms with E-state index in [4.69, 9.17) is 9.47 Å². The van der Waals surface area contributed by atoms with E-state index in [9.17, 15) is 9.59 Å². The molecule has 154 valence electrons. The molecule has 3 heterocycles. The van der Waals surface area contributed by atoms with Crippen LogP contribution >= 0.6 is 11.3 Å². The minimum Gasteiger partial charge on any atom is -0.497 e. The molecule has 0 spiro atoms. The number of allylic oxidation sites excluding steroid dienone is 1. The van der Waals surface area contributed by atoms with Gasteiger partial charge in [-0.25, -0.2) is 9.79 Å². The number of methoxy groups -OCH3 is 1. The number of esters is 1. The second kappa shape index (κ2) is 8.16. The number of H-pyrrole nitrogens is 1. The first-order chi connectivity index (χ1) is 14.5. The van der Waals surface area contributed by atoms with Gasteiger partial charge in [0.2, 0.25) is 0 Å². The van der Waals surface area contributed by atoms with E-state index in [-0.39, 0.29) is 12.2 Å². The molecule has 0 amide bonds. The Bertz CT molecular complexity index is 1280. The number of rotatable bonds is 5. The van der Waals surface area contributed by atoms with Gasteiger partial charge in [0.1, 0.15) is 5.75 Å². The fraction of sp³-hybridized carbons (Fsp3) is 0.227. The molecule has 1 aliphatic heterocycles. The van der Waals surface area contributed by atoms with Gasteiger partial charge >= 0.3 is 5.97 Å². The summed E-state index contributed by atoms with van der Waals surface area (Å²) in [5, 5.41) is 0. The zero-order valence-electron chi connectivity index (χ0n) is 16.8. The molecule has 7 nitrogen and oxygen atoms in total. The standard InChI is InChI=1S/C22H21N3O4S/c1-4-29-21(27)18-13(2)24-22-25(19(18)14-7-9-16(28-3)10-8-14)20(26)17(30-22)12-15-6-5-11-23-15/h5-12,19,23H,4H2,1-3H3/t19-/m0/s1. The molecule has 1 atom stereocenters. The van der Waals surface area contributed by atoms with E-state index in [1.807, 2.05) is 36.4 Å². The fourth-order valence-corrected chi connectivity index (χ4v) is 4.51. The molecule has 0 radical (unpaired) electrons. The average Bonchev–Trinajstić information content (AvgIpc) is 3.36. The first-order valence-electron chi connectivity index (χ1n) is 9.50. The first kappa shape index (κ1) is 19.9. The SMILES string of the molecule is CCOC(=O)C1=C(C)N=c2sc(=Cc3ccc[nH]3)c(=O)n2[C@H]1c1ccc(OC)cc1. The number of nitrogens with one attached hydrogen (secondary N) is 1. The maximum atomic E-state index is 13.3. The Morgan fingerprint density at radius 3 is 2.70 bits per heavy atom. The van der Waals surface area contributed by atoms with E-state index in [1.54, 1.807) is 37.8 Å². The number of thiazole rings is 1. The number of nitrogens with zero attached hydrogens (tertiary/aromatic N) is 2. The lowest BCUT2D eigenvalue weighted by molar-refractivity contribution is -0.139. The van der Waals surface area contributed by atoms with Gasteiger partial charge in [-0.05, 0) is 49.8 Å². The number of carbonyl (C=O) groups is 1. The van der Waals surface area contributed by atoms with E-state index in [1.165, 1.54) is 11.3 Å². The van der Waals surface area contributed by atoms with Crippen LogP contribution in [0.3, 0.4) is 0 Å². The summed E-state index contributed by atoms with van der Waals surface area (Å²) < 4.78 is 12.6. The topological polar surface area (TPSA) is 85.7 Å². The largest absolute Gasteiger partial charge is 0.497 e. The molecule has 8 heteroatoms. The third-order valence-corrected chi connectivity index (χ3v) is 5.84. The predicted octanol–water partition coefficient (Wildman–Crippen LogP) is 2.14. The van der Waals surface area contributed by atoms with Gasteiger partial charge in [-0.1, -0.05) is 23.5 Å². The third-order valence-electron chi connectivity index (χ3n) is 4.86. The lowest BCUT2D eigenvalue weighted by atomic mass is 9.96. The van der Waals surface area contributed by atoms with Gasteiger partial charge in [0.25, 0.3) is 5.56 Å². The quantitative estimate of drug-likeness (QED) is 0.637. The minimum atomic E-state index is -0.628. The van der Waals surface area contributed by atoms with Crippen molar-refractivity contribution in [2.24, 2.45) is 4.99 Å². The second-order valence-corrected chi connectivity index (χ2v) is 7.71. The van der Waals surface area contributed by atoms with Crippen molar-refractivity contribution in [3.8, 4) is 5.75 Å². The Balaban J connectivity index is 1.95. The molecule has 30 heavy (non-hydrogen) atoms. The molecular formula is C22H21N3O4S. The highest BCUT2D eigenvalue weighted by Gasteiger charge is 2.33. The van der Waals surface area contributed by atoms with Gasteiger partial charge in [0.15, 0.2) is 4.80 Å². The van der Waals surface area contributed by atoms with E-state index in [0.29, 0.717) is 26.4 Å². The van der Waals surface area contributed by atoms with Crippen LogP contribution in [0.1, 0.15) is 31.1 Å². The Hall–Kier alpha value is -3.39. The smallest absolute Gasteiger partial charge is 0.338 e. The van der Waals surface area contributed by atoms with Crippen molar-refractivity contribution in [3.05, 3.63) is 84.8 Å². The number of hydrogen-bond donors (Lipinski definition) is 1. The second-order valence-electron chi connectivity index (χ2n) is 6.70. The molecule has 0 unspecified atom stereocenters. The highest BCUT2D eigenvalue weighted by atomic mass is 32.1. The Morgan fingerprint density at radius 1 is 1.30 bits per heavy atom. The van der Waals surface area contributed by atoms with E-state index >= 15 is 0 Å². The van der Waals surface area contributed by atoms with E-state index in [0.717, 1.165) is 11.3 Å². The van der Waals surface area contributed by atoms with Crippen LogP contribution in [0, 0.1) is 0 Å². The van der Waals surface area contributed by atoms with Crippen LogP contribution in [0.15, 0.2) is 63.7 Å². The van der Waals surface area contributed by atoms with Crippen LogP contribution in [0.25, 0.3) is 6.08 Å². The van der Waals surface area contributed by atoms with Gasteiger partial charge in [0.05, 0.1) is 35.6 Å². The molecular weight excluding hydrogens is 402 g/mol. The minimum absolute atomic E-state index is 0.205. The van der Waals surface area contributed by atoms with Crippen molar-refractivity contribution in [2.75, 3.05) is 13.7 Å². The summed E-state index contributed by atoms with van der Waals surface area (Å²) in [7, 11) is 1.59. The monoisotopic (exact) mass is 423 g/mol. The van der Waals surface area contributed by atoms with Crippen molar-refractivity contribution < 1.29 is 14.3 Å². The normalized spacial score (nSPS) is 16.2. The number of aromatic amines is 1. The number of hydrogen-bond acceptors (Lipinski definition) is 6. The van der Waals surface area contributed by atoms with Gasteiger partial charge in [-0.2, -0.15) is 0 Å². The molecule has 0 saturated carbocycles. The summed E-state index contributed by atoms with van der Waals surface area (Å²) in [4.78, 5) is 34.3. The highest BCUT2D eigenvalue weighted by molar-refractivity contribution is 7.07. The van der Waals surface area contributed by atoms with Gasteiger partial charge in [-0.3, -0.25) is 9.36 Å². The zero-order valence-corrected chi connectivity index (χ0v) is 17.7. The number of benzene rings is 1. The molecule has 4 rings (SSSR count). The summed E-state index contributed by atoms with van der Waals surface area (Å²) in [6, 6.07) is 10.4. The Kier molecular flexibility index (Phi) is 5.41. The summed E-state index contributed by atoms with van der Waals surface area (Å²) >= 11 is 1.29. The van der Waals surface area contributed by atoms with Crippen molar-refractivity contribution in [3.63, 3.8) is 0 Å². The van der Waals surface area contributed by atoms with E-state index in [2.05, 4.69) is 9.98 Å². The number of carbonyl (C=O) groups excluding carboxylic acids is 1. The van der Waals surface area contributed by atoms with Gasteiger partial charge in [0, 0.05) is 11.9 Å². The molecule has 0 aliphatic carbocycles. The number of aromatic nitrogens is 2. The molecule has 0 saturated heterocycles. The van der Waals surface area contributed by atoms with Crippen LogP contribution in [0.5, 0.6) is 5.75 Å². The van der Waals surface area contributed by atoms with Gasteiger partial charge < -0.3 is 14.5 Å². The summed E-state index contributed by atoms with van der Waals surface area (Å²) in [5.41, 5.74) is 2.30. The predicted molar refractivity (Wildman–Crippen MR) is 114 cm³/mol. The lowest BCUT2D eigenvalue weighted by Gasteiger charge is -2.24. The molecule has 0 fully saturated rings. The molecule has 3 aromatic rings. The maximum absolute atomic E-state index is 13.3. The van der Waals surface area contributed by atoms with Crippen molar-refractivity contribution >= 4 is 23.4 Å². The summed E-state index contributed by atoms with van der Waals surface area (Å²) in [6.45, 7) is 3.76. The Morgan fingerprint density at radius 2 is 2.07 bits per heavy atom. The van der Waals surface area contributed by atoms with Crippen LogP contribution in [-0.2, 0) is 9.53 Å². The molecule has 2 aromatic heterocycles. The van der Waals surface area contributed by atoms with Crippen LogP contribution in [0.2, 0.25) is 0 Å². The lowest BCUT2D eigenvalue weighted by Crippen LogP contribution is -2.39. The average molecular weight is 423 g/mol. The van der Waals surface area contributed by atoms with Crippen LogP contribution < -0.4 is 19.6 Å². The summed E-state index contributed by atoms with van der Waals surface area (Å²) in [5.74, 6) is 0.217. The van der Waals surface area contributed by atoms with Crippen molar-refractivity contribution in [2.45, 2.75) is 19.9 Å². The third kappa shape index (κ3) is 3.50. The summed E-state index contributed by atoms with van der Waals surface area (Å²) in [6.07, 6.45) is 3.59. The fourth-order valence-electron chi connectivity index (χ4n) is 3.47. The maximum Gasteiger partial charge on any atom is 0.338 e. The van der Waals surface area contributed by atoms with E-state index < -0.39 is 12.0 Å². The molecule has 1 N–H and O–H groups in total. The highest BCUT2D eigenvalue weighted by Crippen LogP contribution is 2.31. The number of fused-ring (bicyclic) bond motifs is 1. The van der Waals surface area contributed by atoms with Crippen LogP contribution in [-0.4, -0.2) is 29.2 Å². The Labute approximate surface area is 176 Å². The number of ether oxygens (including phenoxy) is 2. The van der Waals surface area contributed by atoms with Gasteiger partial charge in [-0.15, -0.1) is 0 Å². The van der Waals surface area contributed by atoms with Crippen molar-refractivity contribution in [1.29, 1.82) is 0 Å².